The lowest BCUT2D eigenvalue weighted by atomic mass is 10.1. The molecule has 11 heteroatoms. The summed E-state index contributed by atoms with van der Waals surface area (Å²) in [5, 5.41) is 3.31. The molecule has 1 N–H and O–H groups in total. The topological polar surface area (TPSA) is 86.8 Å². The van der Waals surface area contributed by atoms with E-state index >= 15 is 0 Å². The smallest absolute Gasteiger partial charge is 0.242 e. The summed E-state index contributed by atoms with van der Waals surface area (Å²) in [4.78, 5) is 27.1. The van der Waals surface area contributed by atoms with Crippen LogP contribution in [0.25, 0.3) is 0 Å². The van der Waals surface area contributed by atoms with Gasteiger partial charge in [0.25, 0.3) is 0 Å². The standard InChI is InChI=1S/C23H28Cl2FN3O4S/c1-4-21(23(31)27-2)28(15-18-19(24)7-5-8-20(18)25)22(30)9-6-14-29(34(3,32)33)17-12-10-16(26)11-13-17/h5,7-8,10-13,21H,4,6,9,14-15H2,1-3H3,(H,27,31)/t21-/m0/s1. The molecule has 0 saturated heterocycles. The van der Waals surface area contributed by atoms with E-state index in [2.05, 4.69) is 5.32 Å². The van der Waals surface area contributed by atoms with Crippen LogP contribution in [0, 0.1) is 5.82 Å². The van der Waals surface area contributed by atoms with Crippen molar-refractivity contribution in [2.45, 2.75) is 38.8 Å². The lowest BCUT2D eigenvalue weighted by molar-refractivity contribution is -0.141. The minimum absolute atomic E-state index is 0.00760. The molecule has 0 radical (unpaired) electrons. The minimum Gasteiger partial charge on any atom is -0.357 e. The first-order valence-corrected chi connectivity index (χ1v) is 13.3. The van der Waals surface area contributed by atoms with Crippen LogP contribution in [0.5, 0.6) is 0 Å². The lowest BCUT2D eigenvalue weighted by Gasteiger charge is -2.31. The van der Waals surface area contributed by atoms with Gasteiger partial charge in [0.15, 0.2) is 0 Å². The number of anilines is 1. The second-order valence-corrected chi connectivity index (χ2v) is 10.4. The number of carbonyl (C=O) groups excluding carboxylic acids is 2. The molecule has 0 saturated carbocycles. The fourth-order valence-corrected chi connectivity index (χ4v) is 5.03. The molecule has 1 atom stereocenters. The fraction of sp³-hybridized carbons (Fsp3) is 0.391. The van der Waals surface area contributed by atoms with Gasteiger partial charge in [-0.2, -0.15) is 0 Å². The Morgan fingerprint density at radius 1 is 1.09 bits per heavy atom. The van der Waals surface area contributed by atoms with Crippen molar-refractivity contribution in [2.24, 2.45) is 0 Å². The van der Waals surface area contributed by atoms with Crippen LogP contribution in [0.15, 0.2) is 42.5 Å². The average Bonchev–Trinajstić information content (AvgIpc) is 2.78. The Bertz CT molecular complexity index is 1090. The molecule has 0 fully saturated rings. The van der Waals surface area contributed by atoms with E-state index in [1.54, 1.807) is 25.1 Å². The van der Waals surface area contributed by atoms with E-state index in [9.17, 15) is 22.4 Å². The number of hydrogen-bond acceptors (Lipinski definition) is 4. The molecule has 0 aromatic heterocycles. The summed E-state index contributed by atoms with van der Waals surface area (Å²) in [5.41, 5.74) is 0.818. The summed E-state index contributed by atoms with van der Waals surface area (Å²) in [5.74, 6) is -1.16. The zero-order valence-corrected chi connectivity index (χ0v) is 21.6. The molecular formula is C23H28Cl2FN3O4S. The Morgan fingerprint density at radius 3 is 2.18 bits per heavy atom. The van der Waals surface area contributed by atoms with Gasteiger partial charge < -0.3 is 10.2 Å². The van der Waals surface area contributed by atoms with Crippen molar-refractivity contribution >= 4 is 50.7 Å². The summed E-state index contributed by atoms with van der Waals surface area (Å²) >= 11 is 12.6. The van der Waals surface area contributed by atoms with Crippen LogP contribution in [-0.4, -0.2) is 51.0 Å². The number of halogens is 3. The number of nitrogens with zero attached hydrogens (tertiary/aromatic N) is 2. The second kappa shape index (κ2) is 12.4. The van der Waals surface area contributed by atoms with E-state index in [1.807, 2.05) is 0 Å². The molecular weight excluding hydrogens is 504 g/mol. The first-order valence-electron chi connectivity index (χ1n) is 10.7. The monoisotopic (exact) mass is 531 g/mol. The largest absolute Gasteiger partial charge is 0.357 e. The highest BCUT2D eigenvalue weighted by atomic mass is 35.5. The Labute approximate surface area is 209 Å². The Balaban J connectivity index is 2.23. The van der Waals surface area contributed by atoms with Crippen molar-refractivity contribution in [3.63, 3.8) is 0 Å². The molecule has 7 nitrogen and oxygen atoms in total. The zero-order valence-electron chi connectivity index (χ0n) is 19.2. The minimum atomic E-state index is -3.66. The van der Waals surface area contributed by atoms with Crippen LogP contribution in [0.3, 0.4) is 0 Å². The number of nitrogens with one attached hydrogen (secondary N) is 1. The average molecular weight is 532 g/mol. The Hall–Kier alpha value is -2.36. The third kappa shape index (κ3) is 7.32. The van der Waals surface area contributed by atoms with Gasteiger partial charge in [0.05, 0.1) is 11.9 Å². The third-order valence-electron chi connectivity index (χ3n) is 5.29. The van der Waals surface area contributed by atoms with E-state index in [0.717, 1.165) is 10.6 Å². The van der Waals surface area contributed by atoms with Crippen LogP contribution in [0.4, 0.5) is 10.1 Å². The molecule has 2 aromatic carbocycles. The highest BCUT2D eigenvalue weighted by molar-refractivity contribution is 7.92. The summed E-state index contributed by atoms with van der Waals surface area (Å²) in [6, 6.07) is 9.30. The number of amides is 2. The molecule has 2 aromatic rings. The maximum absolute atomic E-state index is 13.3. The van der Waals surface area contributed by atoms with Crippen LogP contribution < -0.4 is 9.62 Å². The van der Waals surface area contributed by atoms with E-state index in [1.165, 1.54) is 36.2 Å². The molecule has 2 amide bonds. The Morgan fingerprint density at radius 2 is 1.68 bits per heavy atom. The normalized spacial score (nSPS) is 12.2. The summed E-state index contributed by atoms with van der Waals surface area (Å²) < 4.78 is 38.9. The van der Waals surface area contributed by atoms with Crippen LogP contribution in [0.1, 0.15) is 31.7 Å². The maximum atomic E-state index is 13.3. The molecule has 186 valence electrons. The van der Waals surface area contributed by atoms with Crippen molar-refractivity contribution in [1.29, 1.82) is 0 Å². The lowest BCUT2D eigenvalue weighted by Crippen LogP contribution is -2.48. The molecule has 0 spiro atoms. The summed E-state index contributed by atoms with van der Waals surface area (Å²) in [7, 11) is -2.17. The fourth-order valence-electron chi connectivity index (χ4n) is 3.55. The maximum Gasteiger partial charge on any atom is 0.242 e. The number of likely N-dealkylation sites (N-methyl/N-ethyl adjacent to an activating group) is 1. The van der Waals surface area contributed by atoms with E-state index in [4.69, 9.17) is 23.2 Å². The van der Waals surface area contributed by atoms with Crippen molar-refractivity contribution < 1.29 is 22.4 Å². The van der Waals surface area contributed by atoms with Crippen molar-refractivity contribution in [2.75, 3.05) is 24.2 Å². The van der Waals surface area contributed by atoms with Crippen LogP contribution >= 0.6 is 23.2 Å². The molecule has 34 heavy (non-hydrogen) atoms. The number of hydrogen-bond donors (Lipinski definition) is 1. The highest BCUT2D eigenvalue weighted by Crippen LogP contribution is 2.27. The Kier molecular flexibility index (Phi) is 10.1. The van der Waals surface area contributed by atoms with Gasteiger partial charge in [-0.05, 0) is 49.2 Å². The number of benzene rings is 2. The van der Waals surface area contributed by atoms with Gasteiger partial charge in [0.2, 0.25) is 21.8 Å². The number of sulfonamides is 1. The van der Waals surface area contributed by atoms with Gasteiger partial charge in [-0.25, -0.2) is 12.8 Å². The van der Waals surface area contributed by atoms with E-state index < -0.39 is 21.9 Å². The van der Waals surface area contributed by atoms with Crippen LogP contribution in [-0.2, 0) is 26.2 Å². The molecule has 0 aliphatic carbocycles. The number of rotatable bonds is 11. The van der Waals surface area contributed by atoms with Gasteiger partial charge in [0, 0.05) is 42.2 Å². The summed E-state index contributed by atoms with van der Waals surface area (Å²) in [6.07, 6.45) is 1.56. The third-order valence-corrected chi connectivity index (χ3v) is 7.19. The molecule has 0 aliphatic heterocycles. The molecule has 2 rings (SSSR count). The number of carbonyl (C=O) groups is 2. The summed E-state index contributed by atoms with van der Waals surface area (Å²) in [6.45, 7) is 1.82. The predicted molar refractivity (Wildman–Crippen MR) is 133 cm³/mol. The van der Waals surface area contributed by atoms with Crippen molar-refractivity contribution in [1.82, 2.24) is 10.2 Å². The highest BCUT2D eigenvalue weighted by Gasteiger charge is 2.29. The van der Waals surface area contributed by atoms with Gasteiger partial charge in [-0.1, -0.05) is 36.2 Å². The first-order chi connectivity index (χ1) is 16.0. The zero-order chi connectivity index (χ0) is 25.5. The predicted octanol–water partition coefficient (Wildman–Crippen LogP) is 4.23. The second-order valence-electron chi connectivity index (χ2n) is 7.68. The van der Waals surface area contributed by atoms with E-state index in [-0.39, 0.29) is 37.7 Å². The van der Waals surface area contributed by atoms with Gasteiger partial charge in [-0.15, -0.1) is 0 Å². The van der Waals surface area contributed by atoms with Gasteiger partial charge >= 0.3 is 0 Å². The molecule has 0 unspecified atom stereocenters. The first kappa shape index (κ1) is 27.9. The van der Waals surface area contributed by atoms with E-state index in [0.29, 0.717) is 27.7 Å². The quantitative estimate of drug-likeness (QED) is 0.469. The van der Waals surface area contributed by atoms with Gasteiger partial charge in [-0.3, -0.25) is 13.9 Å². The van der Waals surface area contributed by atoms with Crippen LogP contribution in [0.2, 0.25) is 10.0 Å². The molecule has 0 aliphatic rings. The molecule has 0 bridgehead atoms. The van der Waals surface area contributed by atoms with Crippen molar-refractivity contribution in [3.05, 3.63) is 63.9 Å². The van der Waals surface area contributed by atoms with Gasteiger partial charge in [0.1, 0.15) is 11.9 Å². The molecule has 0 heterocycles. The SMILES string of the molecule is CC[C@@H](C(=O)NC)N(Cc1c(Cl)cccc1Cl)C(=O)CCCN(c1ccc(F)cc1)S(C)(=O)=O. The van der Waals surface area contributed by atoms with Crippen molar-refractivity contribution in [3.8, 4) is 0 Å².